The molecular weight excluding hydrogens is 336 g/mol. The van der Waals surface area contributed by atoms with Gasteiger partial charge in [-0.1, -0.05) is 6.07 Å². The molecule has 0 saturated heterocycles. The number of nitrogens with one attached hydrogen (secondary N) is 1. The Balaban J connectivity index is 1.57. The third-order valence-electron chi connectivity index (χ3n) is 4.20. The summed E-state index contributed by atoms with van der Waals surface area (Å²) < 4.78 is 12.5. The minimum Gasteiger partial charge on any atom is -0.454 e. The van der Waals surface area contributed by atoms with Crippen LogP contribution in [-0.2, 0) is 18.4 Å². The Hall–Kier alpha value is -3.36. The number of ether oxygens (including phenoxy) is 2. The van der Waals surface area contributed by atoms with E-state index in [-0.39, 0.29) is 19.2 Å². The predicted octanol–water partition coefficient (Wildman–Crippen LogP) is 1.66. The first kappa shape index (κ1) is 16.1. The molecule has 0 aliphatic carbocycles. The summed E-state index contributed by atoms with van der Waals surface area (Å²) in [6.07, 6.45) is 1.50. The number of hydrogen-bond donors (Lipinski definition) is 1. The molecule has 1 aliphatic heterocycles. The molecule has 1 N–H and O–H groups in total. The molecule has 1 aromatic carbocycles. The van der Waals surface area contributed by atoms with Crippen molar-refractivity contribution in [3.05, 3.63) is 35.8 Å². The van der Waals surface area contributed by atoms with Crippen LogP contribution in [0.5, 0.6) is 11.5 Å². The van der Waals surface area contributed by atoms with E-state index < -0.39 is 0 Å². The highest BCUT2D eigenvalue weighted by molar-refractivity contribution is 5.89. The predicted molar refractivity (Wildman–Crippen MR) is 92.9 cm³/mol. The van der Waals surface area contributed by atoms with Crippen molar-refractivity contribution in [3.8, 4) is 22.6 Å². The van der Waals surface area contributed by atoms with Gasteiger partial charge >= 0.3 is 0 Å². The Morgan fingerprint density at radius 2 is 2.04 bits per heavy atom. The summed E-state index contributed by atoms with van der Waals surface area (Å²) in [7, 11) is 1.69. The van der Waals surface area contributed by atoms with Crippen LogP contribution in [-0.4, -0.2) is 37.5 Å². The van der Waals surface area contributed by atoms with Crippen LogP contribution in [0.2, 0.25) is 0 Å². The average molecular weight is 354 g/mol. The molecular formula is C17H18N6O3. The summed E-state index contributed by atoms with van der Waals surface area (Å²) in [5, 5.41) is 15.2. The molecule has 9 heteroatoms. The van der Waals surface area contributed by atoms with E-state index in [1.165, 1.54) is 11.0 Å². The van der Waals surface area contributed by atoms with Crippen molar-refractivity contribution in [3.63, 3.8) is 0 Å². The highest BCUT2D eigenvalue weighted by atomic mass is 16.7. The van der Waals surface area contributed by atoms with E-state index in [0.717, 1.165) is 34.0 Å². The monoisotopic (exact) mass is 354 g/mol. The largest absolute Gasteiger partial charge is 0.454 e. The van der Waals surface area contributed by atoms with Crippen molar-refractivity contribution in [2.45, 2.75) is 20.4 Å². The van der Waals surface area contributed by atoms with E-state index in [9.17, 15) is 4.79 Å². The fourth-order valence-electron chi connectivity index (χ4n) is 3.04. The minimum atomic E-state index is -0.215. The van der Waals surface area contributed by atoms with Gasteiger partial charge in [0.15, 0.2) is 17.3 Å². The molecule has 4 rings (SSSR count). The molecule has 0 bridgehead atoms. The first-order chi connectivity index (χ1) is 12.5. The maximum Gasteiger partial charge on any atom is 0.247 e. The number of aryl methyl sites for hydroxylation is 2. The molecule has 0 saturated carbocycles. The van der Waals surface area contributed by atoms with Gasteiger partial charge in [-0.2, -0.15) is 15.0 Å². The van der Waals surface area contributed by atoms with Gasteiger partial charge in [0.1, 0.15) is 6.54 Å². The summed E-state index contributed by atoms with van der Waals surface area (Å²) in [5.41, 5.74) is 3.70. The lowest BCUT2D eigenvalue weighted by molar-refractivity contribution is -0.117. The topological polar surface area (TPSA) is 96.1 Å². The normalized spacial score (nSPS) is 12.4. The zero-order valence-electron chi connectivity index (χ0n) is 14.7. The second-order valence-electron chi connectivity index (χ2n) is 6.04. The van der Waals surface area contributed by atoms with Crippen LogP contribution >= 0.6 is 0 Å². The Labute approximate surface area is 149 Å². The van der Waals surface area contributed by atoms with Gasteiger partial charge in [0, 0.05) is 18.3 Å². The maximum absolute atomic E-state index is 12.3. The van der Waals surface area contributed by atoms with Crippen LogP contribution in [0.3, 0.4) is 0 Å². The lowest BCUT2D eigenvalue weighted by Crippen LogP contribution is -2.20. The number of amides is 1. The zero-order valence-corrected chi connectivity index (χ0v) is 14.7. The fourth-order valence-corrected chi connectivity index (χ4v) is 3.04. The van der Waals surface area contributed by atoms with Crippen molar-refractivity contribution in [1.82, 2.24) is 24.8 Å². The van der Waals surface area contributed by atoms with Crippen LogP contribution in [0.1, 0.15) is 11.4 Å². The van der Waals surface area contributed by atoms with Crippen molar-refractivity contribution in [2.24, 2.45) is 7.05 Å². The fraction of sp³-hybridized carbons (Fsp3) is 0.294. The van der Waals surface area contributed by atoms with Gasteiger partial charge in [-0.25, -0.2) is 0 Å². The highest BCUT2D eigenvalue weighted by Gasteiger charge is 2.19. The van der Waals surface area contributed by atoms with Gasteiger partial charge < -0.3 is 14.8 Å². The van der Waals surface area contributed by atoms with Gasteiger partial charge in [0.25, 0.3) is 0 Å². The number of carbonyl (C=O) groups excluding carboxylic acids is 1. The van der Waals surface area contributed by atoms with Gasteiger partial charge in [0.2, 0.25) is 12.7 Å². The molecule has 2 aromatic heterocycles. The SMILES string of the molecule is Cc1nn(CC(=O)Nc2cnn(C)n2)c(C)c1-c1ccc2c(c1)OCO2. The highest BCUT2D eigenvalue weighted by Crippen LogP contribution is 2.37. The molecule has 0 spiro atoms. The summed E-state index contributed by atoms with van der Waals surface area (Å²) in [4.78, 5) is 13.7. The number of anilines is 1. The molecule has 9 nitrogen and oxygen atoms in total. The van der Waals surface area contributed by atoms with Gasteiger partial charge in [-0.15, -0.1) is 5.10 Å². The summed E-state index contributed by atoms with van der Waals surface area (Å²) in [6, 6.07) is 5.78. The van der Waals surface area contributed by atoms with E-state index in [0.29, 0.717) is 5.82 Å². The Morgan fingerprint density at radius 1 is 1.23 bits per heavy atom. The maximum atomic E-state index is 12.3. The molecule has 3 aromatic rings. The van der Waals surface area contributed by atoms with Crippen LogP contribution in [0, 0.1) is 13.8 Å². The molecule has 1 amide bonds. The molecule has 0 fully saturated rings. The van der Waals surface area contributed by atoms with Crippen LogP contribution in [0.15, 0.2) is 24.4 Å². The lowest BCUT2D eigenvalue weighted by atomic mass is 10.0. The number of nitrogens with zero attached hydrogens (tertiary/aromatic N) is 5. The van der Waals surface area contributed by atoms with Crippen LogP contribution in [0.25, 0.3) is 11.1 Å². The van der Waals surface area contributed by atoms with E-state index in [4.69, 9.17) is 9.47 Å². The Kier molecular flexibility index (Phi) is 3.83. The van der Waals surface area contributed by atoms with Gasteiger partial charge in [0.05, 0.1) is 11.9 Å². The number of fused-ring (bicyclic) bond motifs is 1. The van der Waals surface area contributed by atoms with Gasteiger partial charge in [-0.3, -0.25) is 9.48 Å². The molecule has 0 atom stereocenters. The molecule has 3 heterocycles. The molecule has 134 valence electrons. The minimum absolute atomic E-state index is 0.0911. The molecule has 0 unspecified atom stereocenters. The van der Waals surface area contributed by atoms with Crippen molar-refractivity contribution in [2.75, 3.05) is 12.1 Å². The molecule has 0 radical (unpaired) electrons. The van der Waals surface area contributed by atoms with Crippen molar-refractivity contribution < 1.29 is 14.3 Å². The second kappa shape index (κ2) is 6.17. The Bertz CT molecular complexity index is 991. The van der Waals surface area contributed by atoms with Crippen molar-refractivity contribution >= 4 is 11.7 Å². The van der Waals surface area contributed by atoms with Gasteiger partial charge in [-0.05, 0) is 31.5 Å². The third-order valence-corrected chi connectivity index (χ3v) is 4.20. The molecule has 1 aliphatic rings. The lowest BCUT2D eigenvalue weighted by Gasteiger charge is -2.06. The second-order valence-corrected chi connectivity index (χ2v) is 6.04. The molecule has 26 heavy (non-hydrogen) atoms. The Morgan fingerprint density at radius 3 is 2.81 bits per heavy atom. The van der Waals surface area contributed by atoms with E-state index in [1.54, 1.807) is 11.7 Å². The standard InChI is InChI=1S/C17H18N6O3/c1-10-17(12-4-5-13-14(6-12)26-9-25-13)11(2)23(20-10)8-16(24)19-15-7-18-22(3)21-15/h4-7H,8-9H2,1-3H3,(H,19,21,24). The smallest absolute Gasteiger partial charge is 0.247 e. The van der Waals surface area contributed by atoms with E-state index >= 15 is 0 Å². The third kappa shape index (κ3) is 2.87. The number of aromatic nitrogens is 5. The summed E-state index contributed by atoms with van der Waals surface area (Å²) in [5.74, 6) is 1.65. The average Bonchev–Trinajstić information content (AvgIpc) is 3.28. The quantitative estimate of drug-likeness (QED) is 0.765. The number of benzene rings is 1. The van der Waals surface area contributed by atoms with E-state index in [2.05, 4.69) is 20.6 Å². The first-order valence-electron chi connectivity index (χ1n) is 8.11. The van der Waals surface area contributed by atoms with Crippen molar-refractivity contribution in [1.29, 1.82) is 0 Å². The number of rotatable bonds is 4. The summed E-state index contributed by atoms with van der Waals surface area (Å²) >= 11 is 0. The zero-order chi connectivity index (χ0) is 18.3. The number of hydrogen-bond acceptors (Lipinski definition) is 6. The van der Waals surface area contributed by atoms with Crippen LogP contribution in [0.4, 0.5) is 5.82 Å². The number of carbonyl (C=O) groups is 1. The van der Waals surface area contributed by atoms with Crippen LogP contribution < -0.4 is 14.8 Å². The first-order valence-corrected chi connectivity index (χ1v) is 8.11. The van der Waals surface area contributed by atoms with E-state index in [1.807, 2.05) is 32.0 Å². The summed E-state index contributed by atoms with van der Waals surface area (Å²) in [6.45, 7) is 4.19.